The summed E-state index contributed by atoms with van der Waals surface area (Å²) in [6, 6.07) is 15.4. The van der Waals surface area contributed by atoms with E-state index in [1.807, 2.05) is 55.5 Å². The molecule has 0 fully saturated rings. The highest BCUT2D eigenvalue weighted by Crippen LogP contribution is 2.32. The molecule has 0 aliphatic carbocycles. The lowest BCUT2D eigenvalue weighted by atomic mass is 10.1. The second-order valence-corrected chi connectivity index (χ2v) is 5.75. The minimum absolute atomic E-state index is 0.0460. The number of benzene rings is 2. The molecule has 1 amide bonds. The van der Waals surface area contributed by atoms with Crippen molar-refractivity contribution in [2.75, 3.05) is 17.2 Å². The third-order valence-corrected chi connectivity index (χ3v) is 3.96. The molecule has 0 bridgehead atoms. The zero-order valence-corrected chi connectivity index (χ0v) is 13.6. The van der Waals surface area contributed by atoms with E-state index in [0.29, 0.717) is 17.4 Å². The number of aromatic nitrogens is 2. The third-order valence-electron chi connectivity index (χ3n) is 3.96. The highest BCUT2D eigenvalue weighted by Gasteiger charge is 2.16. The van der Waals surface area contributed by atoms with Crippen LogP contribution in [0.2, 0.25) is 0 Å². The Morgan fingerprint density at radius 2 is 2.04 bits per heavy atom. The van der Waals surface area contributed by atoms with E-state index in [1.165, 1.54) is 0 Å². The van der Waals surface area contributed by atoms with E-state index in [0.717, 1.165) is 22.5 Å². The first-order chi connectivity index (χ1) is 12.2. The van der Waals surface area contributed by atoms with Gasteiger partial charge >= 0.3 is 0 Å². The maximum absolute atomic E-state index is 11.5. The summed E-state index contributed by atoms with van der Waals surface area (Å²) in [6.07, 6.45) is 1.71. The Balaban J connectivity index is 1.65. The predicted octanol–water partition coefficient (Wildman–Crippen LogP) is 3.53. The van der Waals surface area contributed by atoms with Crippen LogP contribution in [0.5, 0.6) is 5.75 Å². The van der Waals surface area contributed by atoms with Gasteiger partial charge in [-0.2, -0.15) is 0 Å². The molecule has 1 aromatic heterocycles. The first kappa shape index (κ1) is 15.1. The molecule has 0 atom stereocenters. The molecule has 0 radical (unpaired) electrons. The molecular formula is C19H16N4O2. The fraction of sp³-hybridized carbons (Fsp3) is 0.105. The van der Waals surface area contributed by atoms with Gasteiger partial charge in [-0.25, -0.2) is 9.97 Å². The number of amides is 1. The number of hydrogen-bond acceptors (Lipinski definition) is 5. The van der Waals surface area contributed by atoms with Gasteiger partial charge in [0.2, 0.25) is 5.95 Å². The zero-order valence-electron chi connectivity index (χ0n) is 13.6. The van der Waals surface area contributed by atoms with E-state index in [2.05, 4.69) is 20.6 Å². The van der Waals surface area contributed by atoms with E-state index >= 15 is 0 Å². The van der Waals surface area contributed by atoms with Crippen LogP contribution in [0.15, 0.2) is 54.7 Å². The number of carbonyl (C=O) groups excluding carboxylic acids is 1. The van der Waals surface area contributed by atoms with Gasteiger partial charge < -0.3 is 15.4 Å². The van der Waals surface area contributed by atoms with Crippen LogP contribution in [0.25, 0.3) is 11.3 Å². The number of carbonyl (C=O) groups is 1. The maximum Gasteiger partial charge on any atom is 0.262 e. The van der Waals surface area contributed by atoms with Crippen LogP contribution in [0.1, 0.15) is 5.56 Å². The molecule has 0 saturated carbocycles. The van der Waals surface area contributed by atoms with Crippen LogP contribution < -0.4 is 15.4 Å². The molecule has 6 nitrogen and oxygen atoms in total. The van der Waals surface area contributed by atoms with E-state index in [-0.39, 0.29) is 12.5 Å². The Kier molecular flexibility index (Phi) is 3.78. The summed E-state index contributed by atoms with van der Waals surface area (Å²) in [7, 11) is 0. The predicted molar refractivity (Wildman–Crippen MR) is 96.1 cm³/mol. The summed E-state index contributed by atoms with van der Waals surface area (Å²) < 4.78 is 5.39. The fourth-order valence-electron chi connectivity index (χ4n) is 2.66. The Morgan fingerprint density at radius 3 is 2.92 bits per heavy atom. The van der Waals surface area contributed by atoms with Gasteiger partial charge in [0, 0.05) is 17.4 Å². The summed E-state index contributed by atoms with van der Waals surface area (Å²) in [5.41, 5.74) is 4.37. The molecule has 2 N–H and O–H groups in total. The molecule has 2 aromatic carbocycles. The molecular weight excluding hydrogens is 316 g/mol. The standard InChI is InChI=1S/C19H16N4O2/c1-12-4-2-3-5-14(12)22-19-20-9-8-15(23-19)13-6-7-17-16(10-13)21-18(24)11-25-17/h2-10H,11H2,1H3,(H,21,24)(H,20,22,23). The van der Waals surface area contributed by atoms with Gasteiger partial charge in [0.1, 0.15) is 5.75 Å². The van der Waals surface area contributed by atoms with Crippen LogP contribution >= 0.6 is 0 Å². The summed E-state index contributed by atoms with van der Waals surface area (Å²) >= 11 is 0. The summed E-state index contributed by atoms with van der Waals surface area (Å²) in [5, 5.41) is 6.04. The van der Waals surface area contributed by atoms with Gasteiger partial charge in [-0.1, -0.05) is 18.2 Å². The molecule has 0 spiro atoms. The van der Waals surface area contributed by atoms with Crippen molar-refractivity contribution in [1.82, 2.24) is 9.97 Å². The minimum Gasteiger partial charge on any atom is -0.482 e. The second kappa shape index (κ2) is 6.24. The Morgan fingerprint density at radius 1 is 1.16 bits per heavy atom. The number of hydrogen-bond donors (Lipinski definition) is 2. The van der Waals surface area contributed by atoms with Crippen molar-refractivity contribution in [2.45, 2.75) is 6.92 Å². The second-order valence-electron chi connectivity index (χ2n) is 5.75. The van der Waals surface area contributed by atoms with Crippen molar-refractivity contribution in [2.24, 2.45) is 0 Å². The lowest BCUT2D eigenvalue weighted by Gasteiger charge is -2.18. The molecule has 3 aromatic rings. The van der Waals surface area contributed by atoms with Crippen LogP contribution in [0, 0.1) is 6.92 Å². The van der Waals surface area contributed by atoms with E-state index in [4.69, 9.17) is 4.74 Å². The smallest absolute Gasteiger partial charge is 0.262 e. The SMILES string of the molecule is Cc1ccccc1Nc1nccc(-c2ccc3c(c2)NC(=O)CO3)n1. The average molecular weight is 332 g/mol. The largest absolute Gasteiger partial charge is 0.482 e. The lowest BCUT2D eigenvalue weighted by Crippen LogP contribution is -2.25. The monoisotopic (exact) mass is 332 g/mol. The van der Waals surface area contributed by atoms with Gasteiger partial charge in [-0.15, -0.1) is 0 Å². The van der Waals surface area contributed by atoms with Gasteiger partial charge in [0.05, 0.1) is 11.4 Å². The molecule has 2 heterocycles. The van der Waals surface area contributed by atoms with Crippen LogP contribution in [0.3, 0.4) is 0 Å². The van der Waals surface area contributed by atoms with Gasteiger partial charge in [0.15, 0.2) is 6.61 Å². The number of ether oxygens (including phenoxy) is 1. The van der Waals surface area contributed by atoms with E-state index in [1.54, 1.807) is 6.20 Å². The van der Waals surface area contributed by atoms with E-state index < -0.39 is 0 Å². The summed E-state index contributed by atoms with van der Waals surface area (Å²) in [6.45, 7) is 2.07. The van der Waals surface area contributed by atoms with Gasteiger partial charge in [-0.3, -0.25) is 4.79 Å². The minimum atomic E-state index is -0.158. The van der Waals surface area contributed by atoms with Crippen molar-refractivity contribution in [3.63, 3.8) is 0 Å². The third kappa shape index (κ3) is 3.14. The van der Waals surface area contributed by atoms with Crippen molar-refractivity contribution in [1.29, 1.82) is 0 Å². The van der Waals surface area contributed by atoms with Crippen LogP contribution in [-0.4, -0.2) is 22.5 Å². The normalized spacial score (nSPS) is 12.8. The number of aryl methyl sites for hydroxylation is 1. The lowest BCUT2D eigenvalue weighted by molar-refractivity contribution is -0.118. The molecule has 124 valence electrons. The first-order valence-electron chi connectivity index (χ1n) is 7.92. The maximum atomic E-state index is 11.5. The first-order valence-corrected chi connectivity index (χ1v) is 7.92. The van der Waals surface area contributed by atoms with Crippen molar-refractivity contribution in [3.05, 3.63) is 60.3 Å². The van der Waals surface area contributed by atoms with Crippen LogP contribution in [0.4, 0.5) is 17.3 Å². The molecule has 4 rings (SSSR count). The Labute approximate surface area is 144 Å². The zero-order chi connectivity index (χ0) is 17.2. The molecule has 0 saturated heterocycles. The van der Waals surface area contributed by atoms with Crippen molar-refractivity contribution in [3.8, 4) is 17.0 Å². The number of fused-ring (bicyclic) bond motifs is 1. The molecule has 1 aliphatic heterocycles. The summed E-state index contributed by atoms with van der Waals surface area (Å²) in [4.78, 5) is 20.3. The number of nitrogens with zero attached hydrogens (tertiary/aromatic N) is 2. The number of anilines is 3. The van der Waals surface area contributed by atoms with Gasteiger partial charge in [0.25, 0.3) is 5.91 Å². The quantitative estimate of drug-likeness (QED) is 0.767. The Bertz CT molecular complexity index is 956. The van der Waals surface area contributed by atoms with Crippen molar-refractivity contribution >= 4 is 23.2 Å². The fourth-order valence-corrected chi connectivity index (χ4v) is 2.66. The van der Waals surface area contributed by atoms with Crippen LogP contribution in [-0.2, 0) is 4.79 Å². The average Bonchev–Trinajstić information content (AvgIpc) is 2.63. The molecule has 6 heteroatoms. The molecule has 25 heavy (non-hydrogen) atoms. The highest BCUT2D eigenvalue weighted by atomic mass is 16.5. The van der Waals surface area contributed by atoms with Crippen molar-refractivity contribution < 1.29 is 9.53 Å². The number of nitrogens with one attached hydrogen (secondary N) is 2. The highest BCUT2D eigenvalue weighted by molar-refractivity contribution is 5.96. The molecule has 1 aliphatic rings. The molecule has 0 unspecified atom stereocenters. The Hall–Kier alpha value is -3.41. The number of para-hydroxylation sites is 1. The van der Waals surface area contributed by atoms with E-state index in [9.17, 15) is 4.79 Å². The number of rotatable bonds is 3. The topological polar surface area (TPSA) is 76.1 Å². The summed E-state index contributed by atoms with van der Waals surface area (Å²) in [5.74, 6) is 1.02. The van der Waals surface area contributed by atoms with Gasteiger partial charge in [-0.05, 0) is 42.8 Å².